The van der Waals surface area contributed by atoms with E-state index in [9.17, 15) is 18.0 Å². The average molecular weight is 324 g/mol. The van der Waals surface area contributed by atoms with Gasteiger partial charge in [0.05, 0.1) is 5.75 Å². The van der Waals surface area contributed by atoms with Crippen molar-refractivity contribution in [2.75, 3.05) is 12.3 Å². The summed E-state index contributed by atoms with van der Waals surface area (Å²) in [5.74, 6) is -1.52. The molecule has 1 amide bonds. The third-order valence-electron chi connectivity index (χ3n) is 2.24. The number of unbranched alkanes of at least 4 members (excludes halogenated alkanes) is 1. The first kappa shape index (κ1) is 19.7. The molecule has 0 aliphatic carbocycles. The van der Waals surface area contributed by atoms with Gasteiger partial charge in [0.2, 0.25) is 10.0 Å². The Hall–Kier alpha value is -1.35. The van der Waals surface area contributed by atoms with Gasteiger partial charge in [-0.2, -0.15) is 4.72 Å². The lowest BCUT2D eigenvalue weighted by Gasteiger charge is -2.21. The third kappa shape index (κ3) is 10.1. The molecule has 0 heterocycles. The molecule has 0 aliphatic heterocycles. The number of carbonyl (C=O) groups excluding carboxylic acids is 1. The second-order valence-corrected chi connectivity index (χ2v) is 7.44. The molecule has 124 valence electrons. The summed E-state index contributed by atoms with van der Waals surface area (Å²) in [4.78, 5) is 22.4. The highest BCUT2D eigenvalue weighted by molar-refractivity contribution is 7.89. The molecule has 0 radical (unpaired) electrons. The molecule has 0 spiro atoms. The molecular formula is C12H24N2O6S. The molecule has 0 aromatic carbocycles. The number of carbonyl (C=O) groups is 2. The Labute approximate surface area is 125 Å². The third-order valence-corrected chi connectivity index (χ3v) is 3.71. The van der Waals surface area contributed by atoms with Crippen molar-refractivity contribution in [3.05, 3.63) is 0 Å². The fourth-order valence-electron chi connectivity index (χ4n) is 1.29. The average Bonchev–Trinajstić information content (AvgIpc) is 2.29. The minimum Gasteiger partial charge on any atom is -0.480 e. The molecule has 0 bridgehead atoms. The number of carboxylic acids is 1. The van der Waals surface area contributed by atoms with Crippen LogP contribution in [0.25, 0.3) is 0 Å². The van der Waals surface area contributed by atoms with E-state index in [1.54, 1.807) is 20.8 Å². The largest absolute Gasteiger partial charge is 0.480 e. The lowest BCUT2D eigenvalue weighted by molar-refractivity contribution is -0.138. The van der Waals surface area contributed by atoms with Gasteiger partial charge in [-0.25, -0.2) is 13.2 Å². The maximum absolute atomic E-state index is 11.7. The minimum atomic E-state index is -3.69. The zero-order valence-electron chi connectivity index (χ0n) is 12.8. The van der Waals surface area contributed by atoms with Crippen molar-refractivity contribution in [3.8, 4) is 0 Å². The van der Waals surface area contributed by atoms with Gasteiger partial charge in [0.15, 0.2) is 0 Å². The standard InChI is InChI=1S/C12H24N2O6S/c1-5-6-7-21(18,19)14-9(10(15)16)8-13-11(17)20-12(2,3)4/h9,14H,5-8H2,1-4H3,(H,13,17)(H,15,16). The zero-order chi connectivity index (χ0) is 16.7. The lowest BCUT2D eigenvalue weighted by Crippen LogP contribution is -2.49. The van der Waals surface area contributed by atoms with Crippen LogP contribution < -0.4 is 10.0 Å². The molecule has 3 N–H and O–H groups in total. The molecule has 1 atom stereocenters. The van der Waals surface area contributed by atoms with Gasteiger partial charge in [-0.05, 0) is 27.2 Å². The molecule has 9 heteroatoms. The smallest absolute Gasteiger partial charge is 0.407 e. The van der Waals surface area contributed by atoms with Gasteiger partial charge in [0.25, 0.3) is 0 Å². The first-order valence-electron chi connectivity index (χ1n) is 6.66. The van der Waals surface area contributed by atoms with E-state index < -0.39 is 40.3 Å². The summed E-state index contributed by atoms with van der Waals surface area (Å²) in [5.41, 5.74) is -0.719. The topological polar surface area (TPSA) is 122 Å². The van der Waals surface area contributed by atoms with Crippen molar-refractivity contribution in [1.29, 1.82) is 0 Å². The fourth-order valence-corrected chi connectivity index (χ4v) is 2.69. The number of aliphatic carboxylic acids is 1. The second kappa shape index (κ2) is 8.18. The number of nitrogens with one attached hydrogen (secondary N) is 2. The normalized spacial score (nSPS) is 13.5. The first-order chi connectivity index (χ1) is 9.47. The van der Waals surface area contributed by atoms with Crippen LogP contribution in [0.5, 0.6) is 0 Å². The summed E-state index contributed by atoms with van der Waals surface area (Å²) in [7, 11) is -3.69. The Morgan fingerprint density at radius 3 is 2.29 bits per heavy atom. The number of alkyl carbamates (subject to hydrolysis) is 1. The molecule has 1 unspecified atom stereocenters. The van der Waals surface area contributed by atoms with Gasteiger partial charge < -0.3 is 15.2 Å². The lowest BCUT2D eigenvalue weighted by atomic mass is 10.2. The van der Waals surface area contributed by atoms with E-state index in [0.717, 1.165) is 0 Å². The van der Waals surface area contributed by atoms with Crippen molar-refractivity contribution in [1.82, 2.24) is 10.0 Å². The van der Waals surface area contributed by atoms with Gasteiger partial charge in [-0.1, -0.05) is 13.3 Å². The van der Waals surface area contributed by atoms with Crippen molar-refractivity contribution < 1.29 is 27.9 Å². The Kier molecular flexibility index (Phi) is 7.65. The van der Waals surface area contributed by atoms with E-state index >= 15 is 0 Å². The molecule has 0 aromatic rings. The van der Waals surface area contributed by atoms with Crippen molar-refractivity contribution in [3.63, 3.8) is 0 Å². The first-order valence-corrected chi connectivity index (χ1v) is 8.31. The van der Waals surface area contributed by atoms with Crippen molar-refractivity contribution in [2.24, 2.45) is 0 Å². The van der Waals surface area contributed by atoms with Crippen LogP contribution in [0.1, 0.15) is 40.5 Å². The maximum Gasteiger partial charge on any atom is 0.407 e. The van der Waals surface area contributed by atoms with Gasteiger partial charge >= 0.3 is 12.1 Å². The molecule has 0 aromatic heterocycles. The summed E-state index contributed by atoms with van der Waals surface area (Å²) < 4.78 is 30.3. The van der Waals surface area contributed by atoms with Crippen molar-refractivity contribution >= 4 is 22.1 Å². The molecular weight excluding hydrogens is 300 g/mol. The second-order valence-electron chi connectivity index (χ2n) is 5.56. The Balaban J connectivity index is 4.52. The van der Waals surface area contributed by atoms with Crippen LogP contribution >= 0.6 is 0 Å². The van der Waals surface area contributed by atoms with Crippen LogP contribution in [-0.2, 0) is 19.6 Å². The van der Waals surface area contributed by atoms with E-state index in [4.69, 9.17) is 9.84 Å². The summed E-state index contributed by atoms with van der Waals surface area (Å²) in [6.07, 6.45) is 0.303. The molecule has 8 nitrogen and oxygen atoms in total. The highest BCUT2D eigenvalue weighted by Gasteiger charge is 2.25. The van der Waals surface area contributed by atoms with E-state index in [0.29, 0.717) is 12.8 Å². The fraction of sp³-hybridized carbons (Fsp3) is 0.833. The number of rotatable bonds is 8. The van der Waals surface area contributed by atoms with E-state index in [2.05, 4.69) is 5.32 Å². The predicted octanol–water partition coefficient (Wildman–Crippen LogP) is 0.684. The number of amides is 1. The summed E-state index contributed by atoms with van der Waals surface area (Å²) in [5, 5.41) is 11.2. The number of carboxylic acid groups (broad SMARTS) is 1. The molecule has 21 heavy (non-hydrogen) atoms. The monoisotopic (exact) mass is 324 g/mol. The molecule has 0 saturated carbocycles. The molecule has 0 aliphatic rings. The minimum absolute atomic E-state index is 0.153. The van der Waals surface area contributed by atoms with Crippen LogP contribution in [0.2, 0.25) is 0 Å². The number of sulfonamides is 1. The van der Waals surface area contributed by atoms with Gasteiger partial charge in [0, 0.05) is 6.54 Å². The van der Waals surface area contributed by atoms with Crippen LogP contribution in [0.15, 0.2) is 0 Å². The Morgan fingerprint density at radius 1 is 1.29 bits per heavy atom. The maximum atomic E-state index is 11.7. The summed E-state index contributed by atoms with van der Waals surface area (Å²) in [6.45, 7) is 6.42. The van der Waals surface area contributed by atoms with Crippen LogP contribution in [0.3, 0.4) is 0 Å². The molecule has 0 saturated heterocycles. The van der Waals surface area contributed by atoms with E-state index in [-0.39, 0.29) is 5.75 Å². The van der Waals surface area contributed by atoms with Crippen LogP contribution in [0.4, 0.5) is 4.79 Å². The SMILES string of the molecule is CCCCS(=O)(=O)NC(CNC(=O)OC(C)(C)C)C(=O)O. The highest BCUT2D eigenvalue weighted by atomic mass is 32.2. The van der Waals surface area contributed by atoms with Crippen molar-refractivity contribution in [2.45, 2.75) is 52.2 Å². The molecule has 0 fully saturated rings. The quantitative estimate of drug-likeness (QED) is 0.603. The van der Waals surface area contributed by atoms with Gasteiger partial charge in [-0.15, -0.1) is 0 Å². The van der Waals surface area contributed by atoms with Crippen LogP contribution in [0, 0.1) is 0 Å². The number of hydrogen-bond acceptors (Lipinski definition) is 5. The highest BCUT2D eigenvalue weighted by Crippen LogP contribution is 2.06. The predicted molar refractivity (Wildman–Crippen MR) is 77.5 cm³/mol. The Morgan fingerprint density at radius 2 is 1.86 bits per heavy atom. The summed E-state index contributed by atoms with van der Waals surface area (Å²) in [6, 6.07) is -1.43. The van der Waals surface area contributed by atoms with E-state index in [1.165, 1.54) is 0 Å². The van der Waals surface area contributed by atoms with Gasteiger partial charge in [-0.3, -0.25) is 4.79 Å². The Bertz CT molecular complexity index is 455. The molecule has 0 rings (SSSR count). The van der Waals surface area contributed by atoms with Gasteiger partial charge in [0.1, 0.15) is 11.6 Å². The van der Waals surface area contributed by atoms with E-state index in [1.807, 2.05) is 11.6 Å². The van der Waals surface area contributed by atoms with Crippen LogP contribution in [-0.4, -0.2) is 49.5 Å². The summed E-state index contributed by atoms with van der Waals surface area (Å²) >= 11 is 0. The number of ether oxygens (including phenoxy) is 1. The zero-order valence-corrected chi connectivity index (χ0v) is 13.6. The number of hydrogen-bond donors (Lipinski definition) is 3.